The van der Waals surface area contributed by atoms with Crippen molar-refractivity contribution in [1.29, 1.82) is 0 Å². The molecule has 0 aliphatic heterocycles. The number of pyridine rings is 1. The Balaban J connectivity index is 2.02. The van der Waals surface area contributed by atoms with E-state index in [1.54, 1.807) is 17.3 Å². The third-order valence-corrected chi connectivity index (χ3v) is 3.11. The molecule has 0 unspecified atom stereocenters. The smallest absolute Gasteiger partial charge is 0.224 e. The average molecular weight is 289 g/mol. The Kier molecular flexibility index (Phi) is 5.43. The van der Waals surface area contributed by atoms with Crippen LogP contribution in [-0.2, 0) is 6.42 Å². The fourth-order valence-corrected chi connectivity index (χ4v) is 1.90. The van der Waals surface area contributed by atoms with Crippen molar-refractivity contribution in [2.45, 2.75) is 19.8 Å². The molecule has 0 atom stereocenters. The number of anilines is 2. The predicted molar refractivity (Wildman–Crippen MR) is 82.0 cm³/mol. The Bertz CT molecular complexity index is 561. The third-order valence-electron chi connectivity index (χ3n) is 3.11. The number of hydrogen-bond donors (Lipinski definition) is 1. The fraction of sp³-hybridized carbons (Fsp3) is 0.400. The van der Waals surface area contributed by atoms with Gasteiger partial charge in [-0.05, 0) is 30.5 Å². The summed E-state index contributed by atoms with van der Waals surface area (Å²) in [6, 6.07) is 3.91. The van der Waals surface area contributed by atoms with Crippen LogP contribution in [-0.4, -0.2) is 35.1 Å². The molecular formula is C15H20FN5. The molecule has 0 aliphatic rings. The second-order valence-electron chi connectivity index (χ2n) is 4.82. The van der Waals surface area contributed by atoms with Crippen molar-refractivity contribution in [3.63, 3.8) is 0 Å². The van der Waals surface area contributed by atoms with Gasteiger partial charge in [0.1, 0.15) is 0 Å². The quantitative estimate of drug-likeness (QED) is 0.849. The largest absolute Gasteiger partial charge is 0.357 e. The van der Waals surface area contributed by atoms with Crippen molar-refractivity contribution >= 4 is 11.8 Å². The van der Waals surface area contributed by atoms with Gasteiger partial charge >= 0.3 is 0 Å². The normalized spacial score (nSPS) is 10.4. The molecule has 0 radical (unpaired) electrons. The number of aromatic nitrogens is 3. The fourth-order valence-electron chi connectivity index (χ4n) is 1.90. The molecule has 0 fully saturated rings. The number of rotatable bonds is 7. The van der Waals surface area contributed by atoms with Crippen LogP contribution in [0.4, 0.5) is 16.2 Å². The van der Waals surface area contributed by atoms with Gasteiger partial charge in [0.2, 0.25) is 5.95 Å². The van der Waals surface area contributed by atoms with Gasteiger partial charge in [0, 0.05) is 32.5 Å². The summed E-state index contributed by atoms with van der Waals surface area (Å²) in [5.74, 6) is 0.371. The molecule has 0 amide bonds. The van der Waals surface area contributed by atoms with E-state index in [1.807, 2.05) is 19.2 Å². The van der Waals surface area contributed by atoms with E-state index in [1.165, 1.54) is 6.20 Å². The van der Waals surface area contributed by atoms with Crippen molar-refractivity contribution in [1.82, 2.24) is 15.0 Å². The number of hydrogen-bond acceptors (Lipinski definition) is 5. The van der Waals surface area contributed by atoms with Crippen LogP contribution < -0.4 is 10.2 Å². The summed E-state index contributed by atoms with van der Waals surface area (Å²) < 4.78 is 13.9. The minimum Gasteiger partial charge on any atom is -0.357 e. The van der Waals surface area contributed by atoms with Gasteiger partial charge in [-0.3, -0.25) is 4.98 Å². The Morgan fingerprint density at radius 1 is 1.29 bits per heavy atom. The summed E-state index contributed by atoms with van der Waals surface area (Å²) in [7, 11) is 1.83. The highest BCUT2D eigenvalue weighted by Crippen LogP contribution is 2.16. The van der Waals surface area contributed by atoms with Gasteiger partial charge in [-0.1, -0.05) is 6.92 Å². The molecule has 6 heteroatoms. The zero-order chi connectivity index (χ0) is 15.1. The van der Waals surface area contributed by atoms with Gasteiger partial charge in [-0.2, -0.15) is 4.98 Å². The molecule has 0 bridgehead atoms. The Morgan fingerprint density at radius 3 is 2.76 bits per heavy atom. The summed E-state index contributed by atoms with van der Waals surface area (Å²) in [5, 5.41) is 3.07. The van der Waals surface area contributed by atoms with Crippen molar-refractivity contribution < 1.29 is 4.39 Å². The van der Waals surface area contributed by atoms with E-state index in [0.717, 1.165) is 24.9 Å². The van der Waals surface area contributed by atoms with Crippen LogP contribution >= 0.6 is 0 Å². The number of likely N-dealkylation sites (N-methyl/N-ethyl adjacent to an activating group) is 1. The van der Waals surface area contributed by atoms with Gasteiger partial charge in [0.25, 0.3) is 0 Å². The van der Waals surface area contributed by atoms with Crippen LogP contribution in [0.15, 0.2) is 30.7 Å². The lowest BCUT2D eigenvalue weighted by Gasteiger charge is -2.19. The lowest BCUT2D eigenvalue weighted by Crippen LogP contribution is -2.23. The first kappa shape index (κ1) is 15.2. The van der Waals surface area contributed by atoms with E-state index in [2.05, 4.69) is 27.2 Å². The molecule has 21 heavy (non-hydrogen) atoms. The highest BCUT2D eigenvalue weighted by atomic mass is 19.1. The van der Waals surface area contributed by atoms with E-state index >= 15 is 0 Å². The summed E-state index contributed by atoms with van der Waals surface area (Å²) in [6.07, 6.45) is 6.50. The van der Waals surface area contributed by atoms with Crippen LogP contribution in [0, 0.1) is 5.82 Å². The molecule has 1 N–H and O–H groups in total. The minimum atomic E-state index is -0.408. The van der Waals surface area contributed by atoms with Gasteiger partial charge in [0.15, 0.2) is 11.6 Å². The lowest BCUT2D eigenvalue weighted by atomic mass is 10.2. The standard InChI is InChI=1S/C15H20FN5/c1-3-7-18-15-19-11-13(16)14(20-15)21(2)10-6-12-4-8-17-9-5-12/h4-5,8-9,11H,3,6-7,10H2,1-2H3,(H,18,19,20). The molecule has 0 saturated carbocycles. The molecule has 2 rings (SSSR count). The maximum absolute atomic E-state index is 13.9. The third kappa shape index (κ3) is 4.37. The van der Waals surface area contributed by atoms with Gasteiger partial charge in [-0.25, -0.2) is 9.37 Å². The molecule has 2 aromatic rings. The van der Waals surface area contributed by atoms with E-state index in [9.17, 15) is 4.39 Å². The van der Waals surface area contributed by atoms with Crippen molar-refractivity contribution in [3.8, 4) is 0 Å². The molecule has 0 spiro atoms. The molecule has 0 aliphatic carbocycles. The van der Waals surface area contributed by atoms with Crippen molar-refractivity contribution in [3.05, 3.63) is 42.1 Å². The van der Waals surface area contributed by atoms with E-state index in [-0.39, 0.29) is 0 Å². The lowest BCUT2D eigenvalue weighted by molar-refractivity contribution is 0.607. The molecule has 0 saturated heterocycles. The predicted octanol–water partition coefficient (Wildman–Crippen LogP) is 2.51. The summed E-state index contributed by atoms with van der Waals surface area (Å²) in [6.45, 7) is 3.50. The molecular weight excluding hydrogens is 269 g/mol. The Morgan fingerprint density at radius 2 is 2.05 bits per heavy atom. The highest BCUT2D eigenvalue weighted by molar-refractivity contribution is 5.43. The zero-order valence-electron chi connectivity index (χ0n) is 12.4. The first-order chi connectivity index (χ1) is 10.2. The van der Waals surface area contributed by atoms with Crippen molar-refractivity contribution in [2.75, 3.05) is 30.4 Å². The van der Waals surface area contributed by atoms with Crippen LogP contribution in [0.5, 0.6) is 0 Å². The minimum absolute atomic E-state index is 0.317. The van der Waals surface area contributed by atoms with Crippen LogP contribution in [0.2, 0.25) is 0 Å². The topological polar surface area (TPSA) is 53.9 Å². The molecule has 2 aromatic heterocycles. The molecule has 112 valence electrons. The number of halogens is 1. The summed E-state index contributed by atoms with van der Waals surface area (Å²) in [4.78, 5) is 14.0. The average Bonchev–Trinajstić information content (AvgIpc) is 2.53. The monoisotopic (exact) mass is 289 g/mol. The zero-order valence-corrected chi connectivity index (χ0v) is 12.4. The van der Waals surface area contributed by atoms with E-state index in [4.69, 9.17) is 0 Å². The van der Waals surface area contributed by atoms with Crippen LogP contribution in [0.3, 0.4) is 0 Å². The van der Waals surface area contributed by atoms with Gasteiger partial charge in [-0.15, -0.1) is 0 Å². The van der Waals surface area contributed by atoms with Gasteiger partial charge < -0.3 is 10.2 Å². The second-order valence-corrected chi connectivity index (χ2v) is 4.82. The molecule has 5 nitrogen and oxygen atoms in total. The maximum atomic E-state index is 13.9. The van der Waals surface area contributed by atoms with E-state index in [0.29, 0.717) is 18.3 Å². The second kappa shape index (κ2) is 7.52. The maximum Gasteiger partial charge on any atom is 0.224 e. The Hall–Kier alpha value is -2.24. The first-order valence-corrected chi connectivity index (χ1v) is 7.07. The highest BCUT2D eigenvalue weighted by Gasteiger charge is 2.11. The van der Waals surface area contributed by atoms with Crippen molar-refractivity contribution in [2.24, 2.45) is 0 Å². The van der Waals surface area contributed by atoms with Crippen LogP contribution in [0.1, 0.15) is 18.9 Å². The van der Waals surface area contributed by atoms with Gasteiger partial charge in [0.05, 0.1) is 6.20 Å². The Labute approximate surface area is 124 Å². The summed E-state index contributed by atoms with van der Waals surface area (Å²) >= 11 is 0. The van der Waals surface area contributed by atoms with E-state index < -0.39 is 5.82 Å². The SMILES string of the molecule is CCCNc1ncc(F)c(N(C)CCc2ccncc2)n1. The first-order valence-electron chi connectivity index (χ1n) is 7.07. The number of nitrogens with one attached hydrogen (secondary N) is 1. The number of nitrogens with zero attached hydrogens (tertiary/aromatic N) is 4. The van der Waals surface area contributed by atoms with Crippen LogP contribution in [0.25, 0.3) is 0 Å². The molecule has 2 heterocycles. The summed E-state index contributed by atoms with van der Waals surface area (Å²) in [5.41, 5.74) is 1.16. The molecule has 0 aromatic carbocycles.